The highest BCUT2D eigenvalue weighted by molar-refractivity contribution is 4.42. The topological polar surface area (TPSA) is 24.7 Å². The summed E-state index contributed by atoms with van der Waals surface area (Å²) >= 11 is 0. The van der Waals surface area contributed by atoms with Crippen molar-refractivity contribution in [2.75, 3.05) is 0 Å². The molecule has 0 bridgehead atoms. The fraction of sp³-hybridized carbons (Fsp3) is 1.00. The minimum atomic E-state index is -5.25. The first-order chi connectivity index (χ1) is 4.21. The lowest BCUT2D eigenvalue weighted by molar-refractivity contribution is -0.161. The van der Waals surface area contributed by atoms with Crippen molar-refractivity contribution in [1.29, 1.82) is 0 Å². The smallest absolute Gasteiger partial charge is 0.148 e. The highest BCUT2D eigenvalue weighted by atomic mass is 19.4. The van der Waals surface area contributed by atoms with Crippen LogP contribution in [0.2, 0.25) is 0 Å². The van der Waals surface area contributed by atoms with Crippen molar-refractivity contribution in [1.82, 2.24) is 0 Å². The Morgan fingerprint density at radius 3 is 0.900 bits per heavy atom. The fourth-order valence-corrected chi connectivity index (χ4v) is 0.113. The molecular weight excluding hydrogens is 166 g/mol. The fourth-order valence-electron chi connectivity index (χ4n) is 0.113. The van der Waals surface area contributed by atoms with Crippen molar-refractivity contribution in [3.8, 4) is 0 Å². The lowest BCUT2D eigenvalue weighted by Gasteiger charge is -1.97. The van der Waals surface area contributed by atoms with E-state index in [-0.39, 0.29) is 0 Å². The van der Waals surface area contributed by atoms with Gasteiger partial charge in [0.15, 0.2) is 0 Å². The van der Waals surface area contributed by atoms with Crippen LogP contribution < -0.4 is 0 Å². The summed E-state index contributed by atoms with van der Waals surface area (Å²) in [6.45, 7) is 0. The molecule has 0 N–H and O–H groups in total. The molecular formula is C2F6N2. The zero-order valence-electron chi connectivity index (χ0n) is 4.16. The summed E-state index contributed by atoms with van der Waals surface area (Å²) < 4.78 is 65.0. The minimum Gasteiger partial charge on any atom is -0.148 e. The standard InChI is InChI=1S/C2F6N2/c3-1(4,5)9-10-2(6,7)8/b10-9+. The quantitative estimate of drug-likeness (QED) is 0.300. The Labute approximate surface area is 50.5 Å². The lowest BCUT2D eigenvalue weighted by Crippen LogP contribution is -2.06. The van der Waals surface area contributed by atoms with Gasteiger partial charge in [-0.3, -0.25) is 0 Å². The molecule has 0 aliphatic heterocycles. The molecule has 0 aromatic carbocycles. The molecule has 0 aromatic heterocycles. The first-order valence-electron chi connectivity index (χ1n) is 1.78. The van der Waals surface area contributed by atoms with Crippen molar-refractivity contribution in [3.63, 3.8) is 0 Å². The largest absolute Gasteiger partial charge is 0.521 e. The van der Waals surface area contributed by atoms with Gasteiger partial charge in [0.2, 0.25) is 0 Å². The van der Waals surface area contributed by atoms with Crippen molar-refractivity contribution in [3.05, 3.63) is 0 Å². The maximum Gasteiger partial charge on any atom is 0.521 e. The molecule has 0 atom stereocenters. The van der Waals surface area contributed by atoms with Gasteiger partial charge in [0.1, 0.15) is 0 Å². The van der Waals surface area contributed by atoms with Gasteiger partial charge in [-0.15, -0.1) is 26.3 Å². The van der Waals surface area contributed by atoms with Gasteiger partial charge in [-0.2, -0.15) is 0 Å². The Bertz CT molecular complexity index is 114. The second kappa shape index (κ2) is 2.43. The van der Waals surface area contributed by atoms with Crippen LogP contribution in [0.1, 0.15) is 0 Å². The number of hydrogen-bond acceptors (Lipinski definition) is 2. The van der Waals surface area contributed by atoms with Crippen molar-refractivity contribution in [2.24, 2.45) is 10.2 Å². The van der Waals surface area contributed by atoms with Gasteiger partial charge in [0.05, 0.1) is 0 Å². The second-order valence-electron chi connectivity index (χ2n) is 1.14. The van der Waals surface area contributed by atoms with Gasteiger partial charge in [-0.25, -0.2) is 0 Å². The van der Waals surface area contributed by atoms with Crippen molar-refractivity contribution >= 4 is 0 Å². The van der Waals surface area contributed by atoms with Crippen LogP contribution in [-0.2, 0) is 0 Å². The zero-order valence-corrected chi connectivity index (χ0v) is 4.16. The van der Waals surface area contributed by atoms with Crippen LogP contribution in [0.15, 0.2) is 10.2 Å². The summed E-state index contributed by atoms with van der Waals surface area (Å²) in [5, 5.41) is 2.06. The van der Waals surface area contributed by atoms with E-state index < -0.39 is 12.6 Å². The molecule has 0 unspecified atom stereocenters. The van der Waals surface area contributed by atoms with Crippen LogP contribution in [0.3, 0.4) is 0 Å². The lowest BCUT2D eigenvalue weighted by atomic mass is 11.2. The molecule has 60 valence electrons. The molecule has 0 heterocycles. The third kappa shape index (κ3) is 7.18. The van der Waals surface area contributed by atoms with E-state index in [9.17, 15) is 26.3 Å². The Morgan fingerprint density at radius 1 is 0.600 bits per heavy atom. The maximum absolute atomic E-state index is 10.8. The van der Waals surface area contributed by atoms with Crippen molar-refractivity contribution in [2.45, 2.75) is 12.6 Å². The molecule has 0 saturated carbocycles. The summed E-state index contributed by atoms with van der Waals surface area (Å²) in [5.41, 5.74) is 0. The van der Waals surface area contributed by atoms with Gasteiger partial charge in [-0.05, 0) is 0 Å². The molecule has 0 fully saturated rings. The van der Waals surface area contributed by atoms with Crippen LogP contribution >= 0.6 is 0 Å². The molecule has 0 rings (SSSR count). The third-order valence-electron chi connectivity index (χ3n) is 0.277. The number of alkyl halides is 6. The van der Waals surface area contributed by atoms with Crippen LogP contribution in [-0.4, -0.2) is 12.6 Å². The van der Waals surface area contributed by atoms with E-state index >= 15 is 0 Å². The van der Waals surface area contributed by atoms with Gasteiger partial charge in [-0.1, -0.05) is 10.2 Å². The molecule has 0 aromatic rings. The predicted molar refractivity (Wildman–Crippen MR) is 17.0 cm³/mol. The minimum absolute atomic E-state index is 1.03. The highest BCUT2D eigenvalue weighted by Gasteiger charge is 2.33. The number of halogens is 6. The Hall–Kier alpha value is -0.820. The average Bonchev–Trinajstić information content (AvgIpc) is 1.57. The molecule has 0 radical (unpaired) electrons. The highest BCUT2D eigenvalue weighted by Crippen LogP contribution is 2.22. The van der Waals surface area contributed by atoms with E-state index in [1.807, 2.05) is 0 Å². The number of rotatable bonds is 0. The number of nitrogens with zero attached hydrogens (tertiary/aromatic N) is 2. The number of hydrogen-bond donors (Lipinski definition) is 0. The van der Waals surface area contributed by atoms with E-state index in [2.05, 4.69) is 0 Å². The van der Waals surface area contributed by atoms with E-state index in [1.165, 1.54) is 0 Å². The molecule has 0 saturated heterocycles. The van der Waals surface area contributed by atoms with Crippen LogP contribution in [0.25, 0.3) is 0 Å². The average molecular weight is 166 g/mol. The van der Waals surface area contributed by atoms with Gasteiger partial charge >= 0.3 is 12.6 Å². The van der Waals surface area contributed by atoms with E-state index in [0.717, 1.165) is 10.2 Å². The van der Waals surface area contributed by atoms with Crippen LogP contribution in [0.4, 0.5) is 26.3 Å². The molecule has 0 spiro atoms. The zero-order chi connectivity index (χ0) is 8.41. The van der Waals surface area contributed by atoms with Crippen LogP contribution in [0, 0.1) is 0 Å². The monoisotopic (exact) mass is 166 g/mol. The van der Waals surface area contributed by atoms with Gasteiger partial charge in [0.25, 0.3) is 0 Å². The third-order valence-corrected chi connectivity index (χ3v) is 0.277. The Kier molecular flexibility index (Phi) is 2.23. The summed E-state index contributed by atoms with van der Waals surface area (Å²) in [6.07, 6.45) is -10.5. The maximum atomic E-state index is 10.8. The summed E-state index contributed by atoms with van der Waals surface area (Å²) in [6, 6.07) is 0. The summed E-state index contributed by atoms with van der Waals surface area (Å²) in [5.74, 6) is 0. The Morgan fingerprint density at radius 2 is 0.800 bits per heavy atom. The van der Waals surface area contributed by atoms with E-state index in [0.29, 0.717) is 0 Å². The van der Waals surface area contributed by atoms with Gasteiger partial charge in [0, 0.05) is 0 Å². The normalized spacial score (nSPS) is 14.6. The van der Waals surface area contributed by atoms with Crippen LogP contribution in [0.5, 0.6) is 0 Å². The molecule has 10 heavy (non-hydrogen) atoms. The molecule has 2 nitrogen and oxygen atoms in total. The SMILES string of the molecule is FC(F)(F)/N=N/C(F)(F)F. The molecule has 0 aliphatic rings. The van der Waals surface area contributed by atoms with Crippen molar-refractivity contribution < 1.29 is 26.3 Å². The second-order valence-corrected chi connectivity index (χ2v) is 1.14. The Balaban J connectivity index is 4.01. The molecule has 0 amide bonds. The van der Waals surface area contributed by atoms with Gasteiger partial charge < -0.3 is 0 Å². The molecule has 8 heteroatoms. The van der Waals surface area contributed by atoms with E-state index in [1.54, 1.807) is 0 Å². The summed E-state index contributed by atoms with van der Waals surface area (Å²) in [7, 11) is 0. The number of azo groups is 1. The molecule has 0 aliphatic carbocycles. The summed E-state index contributed by atoms with van der Waals surface area (Å²) in [4.78, 5) is 0. The first kappa shape index (κ1) is 9.18. The first-order valence-corrected chi connectivity index (χ1v) is 1.78. The predicted octanol–water partition coefficient (Wildman–Crippen LogP) is 2.48. The van der Waals surface area contributed by atoms with E-state index in [4.69, 9.17) is 0 Å².